The molecule has 0 spiro atoms. The Labute approximate surface area is 154 Å². The van der Waals surface area contributed by atoms with Gasteiger partial charge in [0.1, 0.15) is 0 Å². The van der Waals surface area contributed by atoms with Crippen molar-refractivity contribution in [1.29, 1.82) is 0 Å². The van der Waals surface area contributed by atoms with Gasteiger partial charge < -0.3 is 15.5 Å². The van der Waals surface area contributed by atoms with Crippen LogP contribution in [0.25, 0.3) is 0 Å². The number of hydrogen-bond acceptors (Lipinski definition) is 5. The van der Waals surface area contributed by atoms with Gasteiger partial charge in [-0.2, -0.15) is 0 Å². The molecule has 1 fully saturated rings. The van der Waals surface area contributed by atoms with Gasteiger partial charge in [-0.3, -0.25) is 4.79 Å². The third kappa shape index (κ3) is 4.82. The van der Waals surface area contributed by atoms with Crippen molar-refractivity contribution in [2.24, 2.45) is 0 Å². The number of benzene rings is 1. The summed E-state index contributed by atoms with van der Waals surface area (Å²) in [4.78, 5) is 14.6. The number of aromatic nitrogens is 3. The largest absolute Gasteiger partial charge is 0.372 e. The first-order valence-corrected chi connectivity index (χ1v) is 9.48. The topological polar surface area (TPSA) is 75.1 Å². The molecule has 2 N–H and O–H groups in total. The van der Waals surface area contributed by atoms with Crippen LogP contribution in [0, 0.1) is 0 Å². The van der Waals surface area contributed by atoms with Crippen LogP contribution in [-0.4, -0.2) is 53.6 Å². The van der Waals surface area contributed by atoms with Crippen LogP contribution in [0.2, 0.25) is 0 Å². The van der Waals surface area contributed by atoms with Gasteiger partial charge >= 0.3 is 0 Å². The van der Waals surface area contributed by atoms with Crippen molar-refractivity contribution in [3.8, 4) is 0 Å². The summed E-state index contributed by atoms with van der Waals surface area (Å²) in [7, 11) is 0. The van der Waals surface area contributed by atoms with Crippen LogP contribution >= 0.6 is 0 Å². The standard InChI is InChI=1S/C19H28N6O/c1-2-24(16-7-4-3-5-8-16)14-6-11-21-19(26)18-15-25(23-22-18)17-9-12-20-13-10-17/h3-5,7-8,15,17,20H,2,6,9-14H2,1H3,(H,21,26). The van der Waals surface area contributed by atoms with Gasteiger partial charge in [0.05, 0.1) is 12.2 Å². The molecular weight excluding hydrogens is 328 g/mol. The highest BCUT2D eigenvalue weighted by Crippen LogP contribution is 2.17. The van der Waals surface area contributed by atoms with Crippen molar-refractivity contribution in [2.75, 3.05) is 37.6 Å². The Hall–Kier alpha value is -2.41. The number of carbonyl (C=O) groups is 1. The number of carbonyl (C=O) groups excluding carboxylic acids is 1. The van der Waals surface area contributed by atoms with Crippen LogP contribution in [0.4, 0.5) is 5.69 Å². The van der Waals surface area contributed by atoms with Crippen LogP contribution in [-0.2, 0) is 0 Å². The molecule has 0 aliphatic carbocycles. The normalized spacial score (nSPS) is 15.0. The van der Waals surface area contributed by atoms with E-state index in [9.17, 15) is 4.79 Å². The van der Waals surface area contributed by atoms with Crippen LogP contribution in [0.1, 0.15) is 42.7 Å². The molecule has 1 saturated heterocycles. The van der Waals surface area contributed by atoms with Crippen LogP contribution < -0.4 is 15.5 Å². The molecule has 0 saturated carbocycles. The van der Waals surface area contributed by atoms with Crippen molar-refractivity contribution in [1.82, 2.24) is 25.6 Å². The second kappa shape index (κ2) is 9.33. The molecule has 2 aromatic rings. The zero-order chi connectivity index (χ0) is 18.2. The molecule has 0 radical (unpaired) electrons. The van der Waals surface area contributed by atoms with Crippen LogP contribution in [0.3, 0.4) is 0 Å². The van der Waals surface area contributed by atoms with E-state index in [4.69, 9.17) is 0 Å². The summed E-state index contributed by atoms with van der Waals surface area (Å²) < 4.78 is 1.84. The third-order valence-corrected chi connectivity index (χ3v) is 4.82. The number of amides is 1. The molecule has 1 aliphatic rings. The lowest BCUT2D eigenvalue weighted by molar-refractivity contribution is 0.0948. The van der Waals surface area contributed by atoms with Gasteiger partial charge in [0.15, 0.2) is 5.69 Å². The SMILES string of the molecule is CCN(CCCNC(=O)c1cn(C2CCNCC2)nn1)c1ccccc1. The van der Waals surface area contributed by atoms with E-state index >= 15 is 0 Å². The predicted molar refractivity (Wildman–Crippen MR) is 102 cm³/mol. The summed E-state index contributed by atoms with van der Waals surface area (Å²) in [5, 5.41) is 14.5. The minimum absolute atomic E-state index is 0.145. The minimum Gasteiger partial charge on any atom is -0.372 e. The number of para-hydroxylation sites is 1. The highest BCUT2D eigenvalue weighted by atomic mass is 16.2. The second-order valence-corrected chi connectivity index (χ2v) is 6.59. The zero-order valence-electron chi connectivity index (χ0n) is 15.4. The summed E-state index contributed by atoms with van der Waals surface area (Å²) in [5.74, 6) is -0.145. The van der Waals surface area contributed by atoms with Gasteiger partial charge in [-0.15, -0.1) is 5.10 Å². The Morgan fingerprint density at radius 3 is 2.81 bits per heavy atom. The lowest BCUT2D eigenvalue weighted by Crippen LogP contribution is -2.30. The monoisotopic (exact) mass is 356 g/mol. The minimum atomic E-state index is -0.145. The molecule has 1 amide bonds. The average molecular weight is 356 g/mol. The Bertz CT molecular complexity index is 680. The van der Waals surface area contributed by atoms with E-state index in [1.54, 1.807) is 6.20 Å². The smallest absolute Gasteiger partial charge is 0.273 e. The van der Waals surface area contributed by atoms with Crippen LogP contribution in [0.5, 0.6) is 0 Å². The molecule has 1 aromatic carbocycles. The molecule has 1 aromatic heterocycles. The zero-order valence-corrected chi connectivity index (χ0v) is 15.4. The predicted octanol–water partition coefficient (Wildman–Crippen LogP) is 1.85. The molecule has 26 heavy (non-hydrogen) atoms. The third-order valence-electron chi connectivity index (χ3n) is 4.82. The Morgan fingerprint density at radius 1 is 1.31 bits per heavy atom. The fourth-order valence-electron chi connectivity index (χ4n) is 3.30. The summed E-state index contributed by atoms with van der Waals surface area (Å²) >= 11 is 0. The molecule has 1 aliphatic heterocycles. The first kappa shape index (κ1) is 18.4. The number of piperidine rings is 1. The van der Waals surface area contributed by atoms with Gasteiger partial charge in [0.25, 0.3) is 5.91 Å². The number of hydrogen-bond donors (Lipinski definition) is 2. The van der Waals surface area contributed by atoms with Crippen molar-refractivity contribution < 1.29 is 4.79 Å². The van der Waals surface area contributed by atoms with Crippen molar-refractivity contribution >= 4 is 11.6 Å². The maximum absolute atomic E-state index is 12.3. The van der Waals surface area contributed by atoms with Gasteiger partial charge in [-0.25, -0.2) is 4.68 Å². The van der Waals surface area contributed by atoms with Crippen molar-refractivity contribution in [2.45, 2.75) is 32.2 Å². The highest BCUT2D eigenvalue weighted by Gasteiger charge is 2.18. The van der Waals surface area contributed by atoms with E-state index in [1.807, 2.05) is 22.9 Å². The first-order valence-electron chi connectivity index (χ1n) is 9.48. The van der Waals surface area contributed by atoms with E-state index < -0.39 is 0 Å². The summed E-state index contributed by atoms with van der Waals surface area (Å²) in [6.45, 7) is 6.60. The maximum atomic E-state index is 12.3. The fourth-order valence-corrected chi connectivity index (χ4v) is 3.30. The highest BCUT2D eigenvalue weighted by molar-refractivity contribution is 5.91. The van der Waals surface area contributed by atoms with Gasteiger partial charge in [0, 0.05) is 25.3 Å². The number of nitrogens with one attached hydrogen (secondary N) is 2. The summed E-state index contributed by atoms with van der Waals surface area (Å²) in [6, 6.07) is 10.7. The van der Waals surface area contributed by atoms with Gasteiger partial charge in [0.2, 0.25) is 0 Å². The van der Waals surface area contributed by atoms with Gasteiger partial charge in [-0.1, -0.05) is 23.4 Å². The van der Waals surface area contributed by atoms with Crippen LogP contribution in [0.15, 0.2) is 36.5 Å². The van der Waals surface area contributed by atoms with E-state index in [0.717, 1.165) is 45.4 Å². The number of nitrogens with zero attached hydrogens (tertiary/aromatic N) is 4. The molecule has 2 heterocycles. The fraction of sp³-hybridized carbons (Fsp3) is 0.526. The van der Waals surface area contributed by atoms with Crippen molar-refractivity contribution in [3.05, 3.63) is 42.2 Å². The quantitative estimate of drug-likeness (QED) is 0.706. The molecule has 0 unspecified atom stereocenters. The summed E-state index contributed by atoms with van der Waals surface area (Å²) in [5.41, 5.74) is 1.62. The van der Waals surface area contributed by atoms with E-state index in [0.29, 0.717) is 18.3 Å². The molecular formula is C19H28N6O. The first-order chi connectivity index (χ1) is 12.8. The molecule has 3 rings (SSSR count). The maximum Gasteiger partial charge on any atom is 0.273 e. The number of anilines is 1. The molecule has 0 atom stereocenters. The Morgan fingerprint density at radius 2 is 2.08 bits per heavy atom. The Kier molecular flexibility index (Phi) is 6.60. The lowest BCUT2D eigenvalue weighted by Gasteiger charge is -2.23. The molecule has 7 nitrogen and oxygen atoms in total. The van der Waals surface area contributed by atoms with E-state index in [2.05, 4.69) is 44.9 Å². The Balaban J connectivity index is 1.43. The number of rotatable bonds is 8. The molecule has 7 heteroatoms. The second-order valence-electron chi connectivity index (χ2n) is 6.59. The van der Waals surface area contributed by atoms with E-state index in [-0.39, 0.29) is 5.91 Å². The summed E-state index contributed by atoms with van der Waals surface area (Å²) in [6.07, 6.45) is 4.71. The van der Waals surface area contributed by atoms with Crippen molar-refractivity contribution in [3.63, 3.8) is 0 Å². The molecule has 140 valence electrons. The lowest BCUT2D eigenvalue weighted by atomic mass is 10.1. The molecule has 0 bridgehead atoms. The average Bonchev–Trinajstić information content (AvgIpc) is 3.20. The van der Waals surface area contributed by atoms with Gasteiger partial charge in [-0.05, 0) is 51.4 Å². The van der Waals surface area contributed by atoms with E-state index in [1.165, 1.54) is 5.69 Å².